The van der Waals surface area contributed by atoms with E-state index in [-0.39, 0.29) is 16.1 Å². The van der Waals surface area contributed by atoms with Crippen molar-refractivity contribution in [1.82, 2.24) is 0 Å². The van der Waals surface area contributed by atoms with Crippen LogP contribution in [0, 0.1) is 32.6 Å². The Hall–Kier alpha value is -2.54. The molecule has 170 valence electrons. The Morgan fingerprint density at radius 2 is 1.48 bits per heavy atom. The third kappa shape index (κ3) is 6.23. The molecule has 0 aliphatic carbocycles. The zero-order chi connectivity index (χ0) is 23.5. The molecule has 0 atom stereocenters. The normalized spacial score (nSPS) is 11.8. The van der Waals surface area contributed by atoms with Crippen LogP contribution >= 0.6 is 0 Å². The van der Waals surface area contributed by atoms with Gasteiger partial charge in [-0.25, -0.2) is 13.2 Å². The van der Waals surface area contributed by atoms with Crippen molar-refractivity contribution in [2.24, 2.45) is 11.8 Å². The molecule has 2 aromatic rings. The molecule has 2 rings (SSSR count). The minimum Gasteiger partial charge on any atom is -0.478 e. The molecule has 2 aromatic carbocycles. The van der Waals surface area contributed by atoms with E-state index >= 15 is 0 Å². The number of carbonyl (C=O) groups is 1. The minimum atomic E-state index is -3.86. The second kappa shape index (κ2) is 9.73. The Morgan fingerprint density at radius 1 is 0.968 bits per heavy atom. The Labute approximate surface area is 186 Å². The van der Waals surface area contributed by atoms with Gasteiger partial charge >= 0.3 is 5.97 Å². The summed E-state index contributed by atoms with van der Waals surface area (Å²) in [5.74, 6) is -0.381. The van der Waals surface area contributed by atoms with Crippen LogP contribution in [0.4, 0.5) is 11.4 Å². The van der Waals surface area contributed by atoms with Gasteiger partial charge in [0.1, 0.15) is 0 Å². The van der Waals surface area contributed by atoms with Gasteiger partial charge in [0.15, 0.2) is 0 Å². The molecule has 0 aliphatic heterocycles. The van der Waals surface area contributed by atoms with Crippen molar-refractivity contribution >= 4 is 27.4 Å². The number of rotatable bonds is 9. The van der Waals surface area contributed by atoms with Gasteiger partial charge < -0.3 is 10.0 Å². The molecule has 2 N–H and O–H groups in total. The van der Waals surface area contributed by atoms with E-state index in [0.717, 1.165) is 5.56 Å². The molecule has 7 heteroatoms. The molecule has 0 saturated carbocycles. The van der Waals surface area contributed by atoms with Crippen molar-refractivity contribution in [3.63, 3.8) is 0 Å². The molecule has 0 aliphatic rings. The third-order valence-corrected chi connectivity index (χ3v) is 6.55. The summed E-state index contributed by atoms with van der Waals surface area (Å²) >= 11 is 0. The van der Waals surface area contributed by atoms with Crippen LogP contribution < -0.4 is 9.62 Å². The summed E-state index contributed by atoms with van der Waals surface area (Å²) in [6.07, 6.45) is 0. The smallest absolute Gasteiger partial charge is 0.337 e. The first-order chi connectivity index (χ1) is 14.3. The average Bonchev–Trinajstić information content (AvgIpc) is 2.58. The molecule has 0 fully saturated rings. The standard InChI is InChI=1S/C24H34N2O4S/c1-15(2)13-26(14-16(3)4)22-9-8-20(12-21(22)24(27)28)25-31(29,30)23-18(6)10-17(5)11-19(23)7/h8-12,15-16,25H,13-14H2,1-7H3,(H,27,28). The second-order valence-electron chi connectivity index (χ2n) is 9.06. The average molecular weight is 447 g/mol. The Balaban J connectivity index is 2.48. The molecular weight excluding hydrogens is 412 g/mol. The number of aryl methyl sites for hydroxylation is 3. The second-order valence-corrected chi connectivity index (χ2v) is 10.7. The quantitative estimate of drug-likeness (QED) is 0.551. The lowest BCUT2D eigenvalue weighted by atomic mass is 10.1. The molecular formula is C24H34N2O4S. The molecule has 0 spiro atoms. The van der Waals surface area contributed by atoms with Crippen LogP contribution in [0.3, 0.4) is 0 Å². The maximum Gasteiger partial charge on any atom is 0.337 e. The fourth-order valence-electron chi connectivity index (χ4n) is 4.00. The number of hydrogen-bond donors (Lipinski definition) is 2. The molecule has 6 nitrogen and oxygen atoms in total. The Bertz CT molecular complexity index is 1030. The van der Waals surface area contributed by atoms with E-state index in [1.54, 1.807) is 26.0 Å². The summed E-state index contributed by atoms with van der Waals surface area (Å²) in [6.45, 7) is 15.2. The van der Waals surface area contributed by atoms with Gasteiger partial charge in [0.2, 0.25) is 0 Å². The highest BCUT2D eigenvalue weighted by molar-refractivity contribution is 7.92. The van der Waals surface area contributed by atoms with Gasteiger partial charge in [-0.3, -0.25) is 4.72 Å². The summed E-state index contributed by atoms with van der Waals surface area (Å²) in [6, 6.07) is 8.38. The Morgan fingerprint density at radius 3 is 1.94 bits per heavy atom. The fraction of sp³-hybridized carbons (Fsp3) is 0.458. The first kappa shape index (κ1) is 24.7. The molecule has 0 heterocycles. The van der Waals surface area contributed by atoms with Gasteiger partial charge in [-0.05, 0) is 61.9 Å². The van der Waals surface area contributed by atoms with Gasteiger partial charge in [0.05, 0.1) is 16.1 Å². The predicted octanol–water partition coefficient (Wildman–Crippen LogP) is 5.23. The van der Waals surface area contributed by atoms with Crippen molar-refractivity contribution in [1.29, 1.82) is 0 Å². The van der Waals surface area contributed by atoms with Crippen LogP contribution in [0.5, 0.6) is 0 Å². The van der Waals surface area contributed by atoms with Crippen LogP contribution in [0.15, 0.2) is 35.2 Å². The highest BCUT2D eigenvalue weighted by Crippen LogP contribution is 2.29. The predicted molar refractivity (Wildman–Crippen MR) is 127 cm³/mol. The van der Waals surface area contributed by atoms with E-state index in [0.29, 0.717) is 41.7 Å². The summed E-state index contributed by atoms with van der Waals surface area (Å²) in [5, 5.41) is 9.84. The van der Waals surface area contributed by atoms with Crippen molar-refractivity contribution in [2.45, 2.75) is 53.4 Å². The number of hydrogen-bond acceptors (Lipinski definition) is 4. The van der Waals surface area contributed by atoms with Crippen molar-refractivity contribution in [3.05, 3.63) is 52.6 Å². The first-order valence-corrected chi connectivity index (χ1v) is 12.0. The lowest BCUT2D eigenvalue weighted by Crippen LogP contribution is -2.32. The van der Waals surface area contributed by atoms with Crippen LogP contribution in [-0.2, 0) is 10.0 Å². The van der Waals surface area contributed by atoms with Gasteiger partial charge in [-0.15, -0.1) is 0 Å². The van der Waals surface area contributed by atoms with Crippen LogP contribution in [0.25, 0.3) is 0 Å². The lowest BCUT2D eigenvalue weighted by Gasteiger charge is -2.30. The number of aromatic carboxylic acids is 1. The molecule has 0 saturated heterocycles. The van der Waals surface area contributed by atoms with Gasteiger partial charge in [0.25, 0.3) is 10.0 Å². The minimum absolute atomic E-state index is 0.0823. The summed E-state index contributed by atoms with van der Waals surface area (Å²) in [7, 11) is -3.86. The number of benzene rings is 2. The van der Waals surface area contributed by atoms with E-state index < -0.39 is 16.0 Å². The maximum absolute atomic E-state index is 13.1. The third-order valence-electron chi connectivity index (χ3n) is 4.86. The summed E-state index contributed by atoms with van der Waals surface area (Å²) < 4.78 is 28.7. The lowest BCUT2D eigenvalue weighted by molar-refractivity contribution is 0.0697. The topological polar surface area (TPSA) is 86.7 Å². The highest BCUT2D eigenvalue weighted by atomic mass is 32.2. The first-order valence-electron chi connectivity index (χ1n) is 10.5. The van der Waals surface area contributed by atoms with Gasteiger partial charge in [-0.1, -0.05) is 45.4 Å². The number of nitrogens with one attached hydrogen (secondary N) is 1. The molecule has 0 amide bonds. The summed E-state index contributed by atoms with van der Waals surface area (Å²) in [4.78, 5) is 14.3. The largest absolute Gasteiger partial charge is 0.478 e. The number of carboxylic acid groups (broad SMARTS) is 1. The molecule has 0 aromatic heterocycles. The zero-order valence-electron chi connectivity index (χ0n) is 19.5. The van der Waals surface area contributed by atoms with E-state index in [1.165, 1.54) is 6.07 Å². The van der Waals surface area contributed by atoms with Crippen molar-refractivity contribution < 1.29 is 18.3 Å². The number of sulfonamides is 1. The van der Waals surface area contributed by atoms with Crippen LogP contribution in [0.1, 0.15) is 54.7 Å². The van der Waals surface area contributed by atoms with Crippen LogP contribution in [-0.4, -0.2) is 32.6 Å². The van der Waals surface area contributed by atoms with E-state index in [4.69, 9.17) is 0 Å². The molecule has 0 bridgehead atoms. The monoisotopic (exact) mass is 446 g/mol. The highest BCUT2D eigenvalue weighted by Gasteiger charge is 2.23. The maximum atomic E-state index is 13.1. The van der Waals surface area contributed by atoms with Crippen LogP contribution in [0.2, 0.25) is 0 Å². The molecule has 31 heavy (non-hydrogen) atoms. The Kier molecular flexibility index (Phi) is 7.76. The number of nitrogens with zero attached hydrogens (tertiary/aromatic N) is 1. The number of carboxylic acids is 1. The van der Waals surface area contributed by atoms with E-state index in [2.05, 4.69) is 37.3 Å². The fourth-order valence-corrected chi connectivity index (χ4v) is 5.50. The van der Waals surface area contributed by atoms with E-state index in [1.807, 2.05) is 19.1 Å². The summed E-state index contributed by atoms with van der Waals surface area (Å²) in [5.41, 5.74) is 3.20. The van der Waals surface area contributed by atoms with Crippen molar-refractivity contribution in [2.75, 3.05) is 22.7 Å². The van der Waals surface area contributed by atoms with Gasteiger partial charge in [-0.2, -0.15) is 0 Å². The van der Waals surface area contributed by atoms with Gasteiger partial charge in [0, 0.05) is 18.8 Å². The molecule has 0 unspecified atom stereocenters. The SMILES string of the molecule is Cc1cc(C)c(S(=O)(=O)Nc2ccc(N(CC(C)C)CC(C)C)c(C(=O)O)c2)c(C)c1. The molecule has 0 radical (unpaired) electrons. The van der Waals surface area contributed by atoms with Crippen molar-refractivity contribution in [3.8, 4) is 0 Å². The van der Waals surface area contributed by atoms with E-state index in [9.17, 15) is 18.3 Å². The zero-order valence-corrected chi connectivity index (χ0v) is 20.3. The number of anilines is 2.